The van der Waals surface area contributed by atoms with Gasteiger partial charge in [-0.05, 0) is 0 Å². The molecule has 0 amide bonds. The highest BCUT2D eigenvalue weighted by atomic mass is 35.5. The van der Waals surface area contributed by atoms with Gasteiger partial charge >= 0.3 is 5.69 Å². The Hall–Kier alpha value is -1.69. The fourth-order valence-corrected chi connectivity index (χ4v) is 1.40. The van der Waals surface area contributed by atoms with Gasteiger partial charge in [0.25, 0.3) is 0 Å². The summed E-state index contributed by atoms with van der Waals surface area (Å²) in [4.78, 5) is 18.3. The van der Waals surface area contributed by atoms with Crippen molar-refractivity contribution in [1.82, 2.24) is 9.97 Å². The molecule has 0 aromatic carbocycles. The van der Waals surface area contributed by atoms with Crippen molar-refractivity contribution < 1.29 is 4.92 Å². The molecule has 0 bridgehead atoms. The lowest BCUT2D eigenvalue weighted by molar-refractivity contribution is -0.384. The first-order valence-electron chi connectivity index (χ1n) is 5.04. The third-order valence-corrected chi connectivity index (χ3v) is 2.24. The maximum absolute atomic E-state index is 10.9. The van der Waals surface area contributed by atoms with E-state index in [2.05, 4.69) is 21.9 Å². The van der Waals surface area contributed by atoms with Crippen LogP contribution in [0.15, 0.2) is 12.7 Å². The normalized spacial score (nSPS) is 10.4. The Bertz CT molecular complexity index is 448. The van der Waals surface area contributed by atoms with Crippen molar-refractivity contribution in [3.8, 4) is 0 Å². The van der Waals surface area contributed by atoms with Crippen LogP contribution in [0.4, 0.5) is 11.5 Å². The van der Waals surface area contributed by atoms with E-state index in [-0.39, 0.29) is 22.6 Å². The Kier molecular flexibility index (Phi) is 4.39. The van der Waals surface area contributed by atoms with Gasteiger partial charge in [0, 0.05) is 12.5 Å². The predicted molar refractivity (Wildman–Crippen MR) is 66.5 cm³/mol. The van der Waals surface area contributed by atoms with Crippen LogP contribution in [-0.4, -0.2) is 21.4 Å². The molecule has 17 heavy (non-hydrogen) atoms. The molecule has 1 aromatic rings. The van der Waals surface area contributed by atoms with Crippen molar-refractivity contribution in [2.24, 2.45) is 0 Å². The molecule has 1 N–H and O–H groups in total. The first-order valence-corrected chi connectivity index (χ1v) is 5.41. The van der Waals surface area contributed by atoms with E-state index in [1.807, 2.05) is 13.8 Å². The second kappa shape index (κ2) is 5.58. The van der Waals surface area contributed by atoms with E-state index < -0.39 is 4.92 Å². The number of aromatic nitrogens is 2. The second-order valence-corrected chi connectivity index (χ2v) is 4.01. The molecule has 0 spiro atoms. The van der Waals surface area contributed by atoms with Crippen molar-refractivity contribution >= 4 is 23.1 Å². The van der Waals surface area contributed by atoms with E-state index in [9.17, 15) is 10.1 Å². The third-order valence-electron chi connectivity index (χ3n) is 1.97. The number of nitrogens with zero attached hydrogens (tertiary/aromatic N) is 3. The Morgan fingerprint density at radius 2 is 2.24 bits per heavy atom. The second-order valence-electron chi connectivity index (χ2n) is 3.65. The van der Waals surface area contributed by atoms with E-state index in [4.69, 9.17) is 11.6 Å². The monoisotopic (exact) mass is 256 g/mol. The summed E-state index contributed by atoms with van der Waals surface area (Å²) in [6.07, 6.45) is 1.58. The van der Waals surface area contributed by atoms with Crippen LogP contribution in [0, 0.1) is 10.1 Å². The quantitative estimate of drug-likeness (QED) is 0.379. The summed E-state index contributed by atoms with van der Waals surface area (Å²) in [5, 5.41) is 13.5. The molecule has 7 heteroatoms. The summed E-state index contributed by atoms with van der Waals surface area (Å²) < 4.78 is 0. The van der Waals surface area contributed by atoms with Gasteiger partial charge in [-0.15, -0.1) is 6.58 Å². The van der Waals surface area contributed by atoms with Gasteiger partial charge in [-0.25, -0.2) is 9.97 Å². The Morgan fingerprint density at radius 1 is 1.59 bits per heavy atom. The first kappa shape index (κ1) is 13.4. The number of nitro groups is 1. The molecular formula is C10H13ClN4O2. The molecule has 0 aliphatic carbocycles. The standard InChI is InChI=1S/C10H13ClN4O2/c1-4-5-12-10-7(15(16)17)8(11)13-9(14-10)6(2)3/h4,6H,1,5H2,2-3H3,(H,12,13,14). The van der Waals surface area contributed by atoms with E-state index in [1.54, 1.807) is 6.08 Å². The fourth-order valence-electron chi connectivity index (χ4n) is 1.16. The van der Waals surface area contributed by atoms with Crippen LogP contribution in [0.3, 0.4) is 0 Å². The van der Waals surface area contributed by atoms with Crippen molar-refractivity contribution in [2.45, 2.75) is 19.8 Å². The highest BCUT2D eigenvalue weighted by Gasteiger charge is 2.23. The van der Waals surface area contributed by atoms with Gasteiger partial charge in [-0.2, -0.15) is 0 Å². The molecule has 0 aliphatic heterocycles. The van der Waals surface area contributed by atoms with Crippen LogP contribution in [0.25, 0.3) is 0 Å². The Balaban J connectivity index is 3.28. The van der Waals surface area contributed by atoms with Crippen molar-refractivity contribution in [1.29, 1.82) is 0 Å². The van der Waals surface area contributed by atoms with Gasteiger partial charge in [-0.1, -0.05) is 31.5 Å². The number of halogens is 1. The third kappa shape index (κ3) is 3.13. The zero-order valence-electron chi connectivity index (χ0n) is 9.61. The largest absolute Gasteiger partial charge is 0.361 e. The maximum Gasteiger partial charge on any atom is 0.348 e. The van der Waals surface area contributed by atoms with Gasteiger partial charge in [0.1, 0.15) is 5.82 Å². The van der Waals surface area contributed by atoms with Gasteiger partial charge in [0.05, 0.1) is 4.92 Å². The number of hydrogen-bond donors (Lipinski definition) is 1. The van der Waals surface area contributed by atoms with Crippen molar-refractivity contribution in [3.05, 3.63) is 33.7 Å². The molecule has 0 unspecified atom stereocenters. The summed E-state index contributed by atoms with van der Waals surface area (Å²) in [7, 11) is 0. The zero-order chi connectivity index (χ0) is 13.0. The highest BCUT2D eigenvalue weighted by molar-refractivity contribution is 6.31. The summed E-state index contributed by atoms with van der Waals surface area (Å²) in [6, 6.07) is 0. The molecule has 0 saturated heterocycles. The highest BCUT2D eigenvalue weighted by Crippen LogP contribution is 2.30. The number of rotatable bonds is 5. The zero-order valence-corrected chi connectivity index (χ0v) is 10.4. The molecule has 0 aliphatic rings. The van der Waals surface area contributed by atoms with E-state index in [1.165, 1.54) is 0 Å². The van der Waals surface area contributed by atoms with E-state index in [0.717, 1.165) is 0 Å². The number of anilines is 1. The SMILES string of the molecule is C=CCNc1nc(C(C)C)nc(Cl)c1[N+](=O)[O-]. The van der Waals surface area contributed by atoms with Crippen molar-refractivity contribution in [2.75, 3.05) is 11.9 Å². The minimum absolute atomic E-state index is 0.0394. The molecule has 92 valence electrons. The lowest BCUT2D eigenvalue weighted by atomic mass is 10.2. The maximum atomic E-state index is 10.9. The van der Waals surface area contributed by atoms with Crippen LogP contribution in [0.2, 0.25) is 5.15 Å². The topological polar surface area (TPSA) is 81.0 Å². The van der Waals surface area contributed by atoms with Gasteiger partial charge in [-0.3, -0.25) is 10.1 Å². The molecule has 1 aromatic heterocycles. The van der Waals surface area contributed by atoms with Crippen LogP contribution >= 0.6 is 11.6 Å². The molecule has 0 fully saturated rings. The molecule has 1 heterocycles. The Morgan fingerprint density at radius 3 is 2.71 bits per heavy atom. The van der Waals surface area contributed by atoms with Gasteiger partial charge in [0.2, 0.25) is 11.0 Å². The molecule has 0 radical (unpaired) electrons. The lowest BCUT2D eigenvalue weighted by Crippen LogP contribution is -2.09. The van der Waals surface area contributed by atoms with Crippen LogP contribution in [0.1, 0.15) is 25.6 Å². The van der Waals surface area contributed by atoms with E-state index in [0.29, 0.717) is 12.4 Å². The summed E-state index contributed by atoms with van der Waals surface area (Å²) in [5.41, 5.74) is -0.307. The smallest absolute Gasteiger partial charge is 0.348 e. The number of nitrogens with one attached hydrogen (secondary N) is 1. The summed E-state index contributed by atoms with van der Waals surface area (Å²) in [6.45, 7) is 7.66. The molecule has 6 nitrogen and oxygen atoms in total. The van der Waals surface area contributed by atoms with Crippen LogP contribution in [0.5, 0.6) is 0 Å². The Labute approximate surface area is 104 Å². The average molecular weight is 257 g/mol. The summed E-state index contributed by atoms with van der Waals surface area (Å²) >= 11 is 5.79. The molecular weight excluding hydrogens is 244 g/mol. The van der Waals surface area contributed by atoms with Crippen LogP contribution < -0.4 is 5.32 Å². The lowest BCUT2D eigenvalue weighted by Gasteiger charge is -2.09. The summed E-state index contributed by atoms with van der Waals surface area (Å²) in [5.74, 6) is 0.628. The minimum Gasteiger partial charge on any atom is -0.361 e. The fraction of sp³-hybridized carbons (Fsp3) is 0.400. The predicted octanol–water partition coefficient (Wildman–Crippen LogP) is 2.76. The molecule has 1 rings (SSSR count). The molecule has 0 atom stereocenters. The minimum atomic E-state index is -0.599. The van der Waals surface area contributed by atoms with E-state index >= 15 is 0 Å². The van der Waals surface area contributed by atoms with Crippen molar-refractivity contribution in [3.63, 3.8) is 0 Å². The van der Waals surface area contributed by atoms with Gasteiger partial charge < -0.3 is 5.32 Å². The first-order chi connectivity index (χ1) is 7.97. The molecule has 0 saturated carbocycles. The average Bonchev–Trinajstić information content (AvgIpc) is 2.24. The van der Waals surface area contributed by atoms with Gasteiger partial charge in [0.15, 0.2) is 0 Å². The number of hydrogen-bond acceptors (Lipinski definition) is 5. The van der Waals surface area contributed by atoms with Crippen LogP contribution in [-0.2, 0) is 0 Å².